The third kappa shape index (κ3) is 3.91. The van der Waals surface area contributed by atoms with Crippen LogP contribution in [0, 0.1) is 0 Å². The lowest BCUT2D eigenvalue weighted by molar-refractivity contribution is -0.172. The first-order chi connectivity index (χ1) is 10.0. The molecule has 0 bridgehead atoms. The normalized spacial score (nSPS) is 13.4. The average Bonchev–Trinajstić information content (AvgIpc) is 2.79. The van der Waals surface area contributed by atoms with E-state index in [0.29, 0.717) is 10.8 Å². The van der Waals surface area contributed by atoms with Crippen molar-refractivity contribution in [3.05, 3.63) is 29.8 Å². The number of benzene rings is 1. The molecule has 0 atom stereocenters. The number of halogens is 1. The first kappa shape index (κ1) is 17.8. The maximum Gasteiger partial charge on any atom is 0.366 e. The highest BCUT2D eigenvalue weighted by Crippen LogP contribution is 2.19. The van der Waals surface area contributed by atoms with E-state index in [4.69, 9.17) is 22.9 Å². The van der Waals surface area contributed by atoms with Gasteiger partial charge in [-0.25, -0.2) is 10.6 Å². The molecule has 2 amide bonds. The van der Waals surface area contributed by atoms with Gasteiger partial charge in [-0.15, -0.1) is 17.5 Å². The first-order valence-electron chi connectivity index (χ1n) is 5.97. The van der Waals surface area contributed by atoms with Crippen LogP contribution in [0.3, 0.4) is 0 Å². The smallest absolute Gasteiger partial charge is 0.331 e. The predicted molar refractivity (Wildman–Crippen MR) is 83.7 cm³/mol. The largest absolute Gasteiger partial charge is 0.366 e. The molecule has 1 aromatic carbocycles. The zero-order chi connectivity index (χ0) is 15.4. The number of anilines is 1. The Bertz CT molecular complexity index is 609. The topological polar surface area (TPSA) is 114 Å². The number of amides is 2. The summed E-state index contributed by atoms with van der Waals surface area (Å²) in [6, 6.07) is 6.32. The van der Waals surface area contributed by atoms with E-state index in [1.807, 2.05) is 0 Å². The lowest BCUT2D eigenvalue weighted by atomic mass is 10.2. The molecule has 8 nitrogen and oxygen atoms in total. The van der Waals surface area contributed by atoms with Crippen molar-refractivity contribution < 1.29 is 19.2 Å². The van der Waals surface area contributed by atoms with Gasteiger partial charge in [0.15, 0.2) is 5.11 Å². The summed E-state index contributed by atoms with van der Waals surface area (Å²) in [4.78, 5) is 39.8. The number of imide groups is 1. The van der Waals surface area contributed by atoms with Gasteiger partial charge < -0.3 is 15.6 Å². The van der Waals surface area contributed by atoms with E-state index in [1.54, 1.807) is 18.2 Å². The van der Waals surface area contributed by atoms with Gasteiger partial charge in [0.25, 0.3) is 11.8 Å². The van der Waals surface area contributed by atoms with Gasteiger partial charge in [0.2, 0.25) is 0 Å². The molecule has 0 spiro atoms. The molecule has 22 heavy (non-hydrogen) atoms. The Kier molecular flexibility index (Phi) is 6.23. The molecule has 0 aromatic heterocycles. The minimum absolute atomic E-state index is 0. The van der Waals surface area contributed by atoms with E-state index in [9.17, 15) is 14.4 Å². The summed E-state index contributed by atoms with van der Waals surface area (Å²) in [6.07, 6.45) is 0.0698. The molecule has 1 aromatic rings. The van der Waals surface area contributed by atoms with Gasteiger partial charge in [0.05, 0.1) is 11.3 Å². The Balaban J connectivity index is 0.00000242. The quantitative estimate of drug-likeness (QED) is 0.314. The Hall–Kier alpha value is -2.23. The first-order valence-corrected chi connectivity index (χ1v) is 6.38. The zero-order valence-electron chi connectivity index (χ0n) is 11.2. The summed E-state index contributed by atoms with van der Waals surface area (Å²) in [5.74, 6) is 3.21. The highest BCUT2D eigenvalue weighted by molar-refractivity contribution is 7.80. The third-order valence-electron chi connectivity index (χ3n) is 2.71. The summed E-state index contributed by atoms with van der Waals surface area (Å²) in [6.45, 7) is 0. The SMILES string of the molecule is Cl.NNC(=S)Nc1ccccc1C(=O)ON1C(=O)CCC1=O. The minimum Gasteiger partial charge on any atom is -0.331 e. The fourth-order valence-corrected chi connectivity index (χ4v) is 1.83. The van der Waals surface area contributed by atoms with Crippen LogP contribution in [-0.2, 0) is 14.4 Å². The molecule has 0 aliphatic carbocycles. The molecular weight excluding hydrogens is 332 g/mol. The molecule has 0 saturated carbocycles. The molecule has 118 valence electrons. The number of hydrogen-bond acceptors (Lipinski definition) is 6. The summed E-state index contributed by atoms with van der Waals surface area (Å²) >= 11 is 4.85. The van der Waals surface area contributed by atoms with Crippen LogP contribution < -0.4 is 16.6 Å². The number of hydrogen-bond donors (Lipinski definition) is 3. The standard InChI is InChI=1S/C12H12N4O4S.ClH/c13-15-12(21)14-8-4-2-1-3-7(8)11(19)20-16-9(17)5-6-10(16)18;/h1-4H,5-6,13H2,(H2,14,15,21);1H. The van der Waals surface area contributed by atoms with Gasteiger partial charge >= 0.3 is 5.97 Å². The van der Waals surface area contributed by atoms with Crippen molar-refractivity contribution in [2.24, 2.45) is 5.84 Å². The highest BCUT2D eigenvalue weighted by atomic mass is 35.5. The van der Waals surface area contributed by atoms with Gasteiger partial charge in [0.1, 0.15) is 0 Å². The molecule has 1 fully saturated rings. The van der Waals surface area contributed by atoms with Crippen LogP contribution in [0.5, 0.6) is 0 Å². The molecule has 1 heterocycles. The summed E-state index contributed by atoms with van der Waals surface area (Å²) in [7, 11) is 0. The van der Waals surface area contributed by atoms with E-state index in [0.717, 1.165) is 0 Å². The van der Waals surface area contributed by atoms with Crippen LogP contribution in [0.15, 0.2) is 24.3 Å². The van der Waals surface area contributed by atoms with Crippen LogP contribution in [0.1, 0.15) is 23.2 Å². The van der Waals surface area contributed by atoms with Crippen molar-refractivity contribution in [2.75, 3.05) is 5.32 Å². The lowest BCUT2D eigenvalue weighted by Crippen LogP contribution is -2.35. The molecule has 1 aliphatic heterocycles. The predicted octanol–water partition coefficient (Wildman–Crippen LogP) is 0.489. The Labute approximate surface area is 137 Å². The Morgan fingerprint density at radius 3 is 2.41 bits per heavy atom. The van der Waals surface area contributed by atoms with E-state index in [1.165, 1.54) is 6.07 Å². The van der Waals surface area contributed by atoms with Crippen LogP contribution in [0.2, 0.25) is 0 Å². The molecule has 0 unspecified atom stereocenters. The number of nitrogens with two attached hydrogens (primary N) is 1. The monoisotopic (exact) mass is 344 g/mol. The Morgan fingerprint density at radius 2 is 1.82 bits per heavy atom. The van der Waals surface area contributed by atoms with Crippen LogP contribution in [0.25, 0.3) is 0 Å². The summed E-state index contributed by atoms with van der Waals surface area (Å²) in [5, 5.41) is 3.28. The van der Waals surface area contributed by atoms with Gasteiger partial charge in [0, 0.05) is 12.8 Å². The van der Waals surface area contributed by atoms with Crippen molar-refractivity contribution in [3.8, 4) is 0 Å². The van der Waals surface area contributed by atoms with Gasteiger partial charge in [-0.05, 0) is 24.4 Å². The van der Waals surface area contributed by atoms with Crippen molar-refractivity contribution >= 4 is 53.2 Å². The number of hydrazine groups is 1. The second-order valence-corrected chi connectivity index (χ2v) is 4.51. The van der Waals surface area contributed by atoms with Crippen molar-refractivity contribution in [1.29, 1.82) is 0 Å². The number of hydroxylamine groups is 2. The van der Waals surface area contributed by atoms with E-state index < -0.39 is 17.8 Å². The van der Waals surface area contributed by atoms with Crippen molar-refractivity contribution in [1.82, 2.24) is 10.5 Å². The molecule has 4 N–H and O–H groups in total. The van der Waals surface area contributed by atoms with E-state index in [2.05, 4.69) is 10.7 Å². The maximum absolute atomic E-state index is 12.1. The van der Waals surface area contributed by atoms with Crippen LogP contribution in [0.4, 0.5) is 5.69 Å². The van der Waals surface area contributed by atoms with E-state index >= 15 is 0 Å². The zero-order valence-corrected chi connectivity index (χ0v) is 12.8. The van der Waals surface area contributed by atoms with Gasteiger partial charge in [-0.1, -0.05) is 12.1 Å². The number of nitrogens with one attached hydrogen (secondary N) is 2. The molecule has 1 saturated heterocycles. The van der Waals surface area contributed by atoms with Crippen molar-refractivity contribution in [2.45, 2.75) is 12.8 Å². The lowest BCUT2D eigenvalue weighted by Gasteiger charge is -2.15. The second-order valence-electron chi connectivity index (χ2n) is 4.10. The molecule has 10 heteroatoms. The number of thiocarbonyl (C=S) groups is 1. The number of nitrogens with zero attached hydrogens (tertiary/aromatic N) is 1. The second kappa shape index (κ2) is 7.69. The Morgan fingerprint density at radius 1 is 1.23 bits per heavy atom. The molecule has 2 rings (SSSR count). The number of carbonyl (C=O) groups is 3. The average molecular weight is 345 g/mol. The van der Waals surface area contributed by atoms with Gasteiger partial charge in [-0.2, -0.15) is 0 Å². The maximum atomic E-state index is 12.1. The molecular formula is C12H13ClN4O4S. The fourth-order valence-electron chi connectivity index (χ4n) is 1.72. The highest BCUT2D eigenvalue weighted by Gasteiger charge is 2.33. The van der Waals surface area contributed by atoms with Crippen molar-refractivity contribution in [3.63, 3.8) is 0 Å². The number of para-hydroxylation sites is 1. The van der Waals surface area contributed by atoms with Crippen LogP contribution >= 0.6 is 24.6 Å². The van der Waals surface area contributed by atoms with Crippen LogP contribution in [-0.4, -0.2) is 28.0 Å². The van der Waals surface area contributed by atoms with E-state index in [-0.39, 0.29) is 35.9 Å². The number of carbonyl (C=O) groups excluding carboxylic acids is 3. The third-order valence-corrected chi connectivity index (χ3v) is 2.93. The van der Waals surface area contributed by atoms with Gasteiger partial charge in [-0.3, -0.25) is 9.59 Å². The summed E-state index contributed by atoms with van der Waals surface area (Å²) < 4.78 is 0. The fraction of sp³-hybridized carbons (Fsp3) is 0.167. The summed E-state index contributed by atoms with van der Waals surface area (Å²) in [5.41, 5.74) is 2.67. The molecule has 1 aliphatic rings. The number of rotatable bonds is 3. The molecule has 0 radical (unpaired) electrons. The minimum atomic E-state index is -0.846.